The van der Waals surface area contributed by atoms with Crippen molar-refractivity contribution in [2.24, 2.45) is 0 Å². The summed E-state index contributed by atoms with van der Waals surface area (Å²) in [5, 5.41) is 11.1. The SMILES string of the molecule is COc1cc(C2NC(=O)c3cc(Cl)ccc3N2)ccc1OCCCCCCOc1c(OC)cc(-c2cc(-c3cc(OC)c(OC)c(OC)c3)on2)cc1OC. The molecule has 0 saturated heterocycles. The summed E-state index contributed by atoms with van der Waals surface area (Å²) in [6.45, 7) is 0.996. The number of fused-ring (bicyclic) bond motifs is 1. The average molecular weight is 774 g/mol. The number of hydrogen-bond acceptors (Lipinski definition) is 12. The number of nitrogens with one attached hydrogen (secondary N) is 2. The second-order valence-corrected chi connectivity index (χ2v) is 12.9. The zero-order valence-electron chi connectivity index (χ0n) is 31.6. The van der Waals surface area contributed by atoms with Crippen molar-refractivity contribution >= 4 is 23.2 Å². The van der Waals surface area contributed by atoms with Gasteiger partial charge in [-0.05, 0) is 85.8 Å². The molecule has 1 atom stereocenters. The molecule has 0 saturated carbocycles. The minimum absolute atomic E-state index is 0.199. The zero-order valence-corrected chi connectivity index (χ0v) is 32.3. The lowest BCUT2D eigenvalue weighted by Gasteiger charge is -2.28. The number of benzene rings is 4. The van der Waals surface area contributed by atoms with Gasteiger partial charge in [-0.25, -0.2) is 0 Å². The average Bonchev–Trinajstić information content (AvgIpc) is 3.72. The number of rotatable bonds is 18. The Kier molecular flexibility index (Phi) is 12.6. The van der Waals surface area contributed by atoms with Crippen LogP contribution in [0.4, 0.5) is 5.69 Å². The van der Waals surface area contributed by atoms with Crippen LogP contribution in [0, 0.1) is 0 Å². The third kappa shape index (κ3) is 8.73. The van der Waals surface area contributed by atoms with Crippen LogP contribution in [0.3, 0.4) is 0 Å². The molecule has 5 aromatic rings. The molecule has 6 rings (SSSR count). The molecule has 2 heterocycles. The first-order chi connectivity index (χ1) is 26.8. The van der Waals surface area contributed by atoms with E-state index >= 15 is 0 Å². The molecular weight excluding hydrogens is 730 g/mol. The van der Waals surface area contributed by atoms with Crippen molar-refractivity contribution in [2.75, 3.05) is 61.2 Å². The van der Waals surface area contributed by atoms with Gasteiger partial charge in [-0.1, -0.05) is 22.8 Å². The van der Waals surface area contributed by atoms with E-state index < -0.39 is 6.17 Å². The van der Waals surface area contributed by atoms with Crippen LogP contribution in [0.1, 0.15) is 47.8 Å². The summed E-state index contributed by atoms with van der Waals surface area (Å²) >= 11 is 6.07. The maximum Gasteiger partial charge on any atom is 0.255 e. The van der Waals surface area contributed by atoms with E-state index in [1.54, 1.807) is 73.0 Å². The third-order valence-corrected chi connectivity index (χ3v) is 9.32. The molecular formula is C41H44ClN3O10. The number of halogens is 1. The summed E-state index contributed by atoms with van der Waals surface area (Å²) in [4.78, 5) is 12.7. The maximum atomic E-state index is 12.7. The number of unbranched alkanes of at least 4 members (excludes halogenated alkanes) is 3. The van der Waals surface area contributed by atoms with Crippen LogP contribution in [-0.4, -0.2) is 66.9 Å². The monoisotopic (exact) mass is 773 g/mol. The van der Waals surface area contributed by atoms with Gasteiger partial charge in [0, 0.05) is 27.9 Å². The van der Waals surface area contributed by atoms with Crippen molar-refractivity contribution in [3.63, 3.8) is 0 Å². The Hall–Kier alpha value is -5.95. The Morgan fingerprint density at radius 1 is 0.618 bits per heavy atom. The van der Waals surface area contributed by atoms with E-state index in [9.17, 15) is 4.79 Å². The third-order valence-electron chi connectivity index (χ3n) is 9.08. The van der Waals surface area contributed by atoms with Crippen LogP contribution >= 0.6 is 11.6 Å². The summed E-state index contributed by atoms with van der Waals surface area (Å²) in [5.74, 6) is 4.55. The van der Waals surface area contributed by atoms with Crippen LogP contribution in [0.5, 0.6) is 46.0 Å². The first-order valence-corrected chi connectivity index (χ1v) is 18.0. The highest BCUT2D eigenvalue weighted by molar-refractivity contribution is 6.31. The molecule has 1 amide bonds. The van der Waals surface area contributed by atoms with Crippen molar-refractivity contribution in [1.82, 2.24) is 10.5 Å². The summed E-state index contributed by atoms with van der Waals surface area (Å²) < 4.78 is 51.4. The Balaban J connectivity index is 0.992. The highest BCUT2D eigenvalue weighted by atomic mass is 35.5. The topological polar surface area (TPSA) is 141 Å². The molecule has 1 aromatic heterocycles. The van der Waals surface area contributed by atoms with Gasteiger partial charge in [-0.3, -0.25) is 4.79 Å². The van der Waals surface area contributed by atoms with Gasteiger partial charge < -0.3 is 53.1 Å². The predicted octanol–water partition coefficient (Wildman–Crippen LogP) is 8.59. The van der Waals surface area contributed by atoms with Gasteiger partial charge in [-0.2, -0.15) is 0 Å². The van der Waals surface area contributed by atoms with E-state index in [0.717, 1.165) is 36.8 Å². The molecule has 0 radical (unpaired) electrons. The van der Waals surface area contributed by atoms with Gasteiger partial charge in [-0.15, -0.1) is 0 Å². The molecule has 4 aromatic carbocycles. The first-order valence-electron chi connectivity index (χ1n) is 17.6. The number of anilines is 1. The van der Waals surface area contributed by atoms with E-state index in [4.69, 9.17) is 54.0 Å². The molecule has 0 fully saturated rings. The summed E-state index contributed by atoms with van der Waals surface area (Å²) in [7, 11) is 9.43. The van der Waals surface area contributed by atoms with Gasteiger partial charge >= 0.3 is 0 Å². The van der Waals surface area contributed by atoms with Gasteiger partial charge in [0.05, 0.1) is 61.4 Å². The number of carbonyl (C=O) groups excluding carboxylic acids is 1. The second-order valence-electron chi connectivity index (χ2n) is 12.5. The molecule has 1 unspecified atom stereocenters. The molecule has 14 heteroatoms. The molecule has 0 bridgehead atoms. The normalized spacial score (nSPS) is 13.2. The number of aromatic nitrogens is 1. The van der Waals surface area contributed by atoms with Crippen LogP contribution < -0.4 is 48.5 Å². The molecule has 0 spiro atoms. The number of ether oxygens (including phenoxy) is 8. The quantitative estimate of drug-likeness (QED) is 0.0824. The highest BCUT2D eigenvalue weighted by Gasteiger charge is 2.26. The van der Waals surface area contributed by atoms with Gasteiger partial charge in [0.2, 0.25) is 11.5 Å². The van der Waals surface area contributed by atoms with Crippen molar-refractivity contribution in [3.05, 3.63) is 82.9 Å². The fraction of sp³-hybridized carbons (Fsp3) is 0.317. The van der Waals surface area contributed by atoms with Crippen LogP contribution in [0.25, 0.3) is 22.6 Å². The molecule has 13 nitrogen and oxygen atoms in total. The molecule has 0 aliphatic carbocycles. The minimum Gasteiger partial charge on any atom is -0.493 e. The molecule has 55 heavy (non-hydrogen) atoms. The van der Waals surface area contributed by atoms with Crippen LogP contribution in [0.2, 0.25) is 5.02 Å². The summed E-state index contributed by atoms with van der Waals surface area (Å²) in [5.41, 5.74) is 4.06. The Labute approximate surface area is 324 Å². The number of nitrogens with zero attached hydrogens (tertiary/aromatic N) is 1. The maximum absolute atomic E-state index is 12.7. The van der Waals surface area contributed by atoms with Gasteiger partial charge in [0.15, 0.2) is 40.3 Å². The van der Waals surface area contributed by atoms with Crippen LogP contribution in [-0.2, 0) is 0 Å². The van der Waals surface area contributed by atoms with Gasteiger partial charge in [0.1, 0.15) is 11.9 Å². The Bertz CT molecular complexity index is 2070. The van der Waals surface area contributed by atoms with E-state index in [1.165, 1.54) is 0 Å². The summed E-state index contributed by atoms with van der Waals surface area (Å²) in [6.07, 6.45) is 3.13. The largest absolute Gasteiger partial charge is 0.493 e. The zero-order chi connectivity index (χ0) is 38.9. The van der Waals surface area contributed by atoms with Crippen LogP contribution in [0.15, 0.2) is 71.3 Å². The molecule has 1 aliphatic heterocycles. The number of carbonyl (C=O) groups is 1. The minimum atomic E-state index is -0.424. The standard InChI is InChI=1S/C41H44ClN3O10/c1-47-33-17-24(40-43-29-13-12-27(42)22-28(29)41(46)44-40)11-14-31(33)53-15-9-7-8-10-16-54-39-36(50-4)18-25(19-37(39)51-5)30-23-32(55-45-30)26-20-34(48-2)38(52-6)35(21-26)49-3/h11-14,17-23,40,43H,7-10,15-16H2,1-6H3,(H,44,46). The predicted molar refractivity (Wildman–Crippen MR) is 208 cm³/mol. The molecule has 2 N–H and O–H groups in total. The van der Waals surface area contributed by atoms with Crippen molar-refractivity contribution in [1.29, 1.82) is 0 Å². The Morgan fingerprint density at radius 2 is 1.24 bits per heavy atom. The second kappa shape index (κ2) is 17.9. The number of hydrogen-bond donors (Lipinski definition) is 2. The van der Waals surface area contributed by atoms with Gasteiger partial charge in [0.25, 0.3) is 5.91 Å². The molecule has 1 aliphatic rings. The van der Waals surface area contributed by atoms with Crippen molar-refractivity contribution < 1.29 is 47.2 Å². The lowest BCUT2D eigenvalue weighted by atomic mass is 10.1. The highest BCUT2D eigenvalue weighted by Crippen LogP contribution is 2.44. The summed E-state index contributed by atoms with van der Waals surface area (Å²) in [6, 6.07) is 19.9. The van der Waals surface area contributed by atoms with Crippen molar-refractivity contribution in [3.8, 4) is 68.6 Å². The van der Waals surface area contributed by atoms with E-state index in [0.29, 0.717) is 92.5 Å². The van der Waals surface area contributed by atoms with E-state index in [-0.39, 0.29) is 5.91 Å². The lowest BCUT2D eigenvalue weighted by molar-refractivity contribution is 0.0935. The van der Waals surface area contributed by atoms with E-state index in [1.807, 2.05) is 36.4 Å². The Morgan fingerprint density at radius 3 is 1.87 bits per heavy atom. The number of methoxy groups -OCH3 is 6. The first kappa shape index (κ1) is 38.8. The smallest absolute Gasteiger partial charge is 0.255 e. The lowest BCUT2D eigenvalue weighted by Crippen LogP contribution is -2.38. The number of amides is 1. The molecule has 290 valence electrons. The van der Waals surface area contributed by atoms with E-state index in [2.05, 4.69) is 15.8 Å². The fourth-order valence-corrected chi connectivity index (χ4v) is 6.41. The van der Waals surface area contributed by atoms with Crippen molar-refractivity contribution in [2.45, 2.75) is 31.8 Å². The fourth-order valence-electron chi connectivity index (χ4n) is 6.24.